The third-order valence-corrected chi connectivity index (χ3v) is 3.42. The van der Waals surface area contributed by atoms with E-state index in [2.05, 4.69) is 14.9 Å². The molecule has 1 aromatic heterocycles. The van der Waals surface area contributed by atoms with Gasteiger partial charge in [-0.3, -0.25) is 4.90 Å². The van der Waals surface area contributed by atoms with Crippen molar-refractivity contribution in [3.8, 4) is 0 Å². The van der Waals surface area contributed by atoms with Crippen LogP contribution in [-0.4, -0.2) is 53.1 Å². The molecule has 24 heavy (non-hydrogen) atoms. The Bertz CT molecular complexity index is 526. The zero-order chi connectivity index (χ0) is 16.5. The van der Waals surface area contributed by atoms with Crippen molar-refractivity contribution in [2.75, 3.05) is 37.6 Å². The first kappa shape index (κ1) is 23.2. The van der Waals surface area contributed by atoms with Gasteiger partial charge in [0, 0.05) is 44.0 Å². The first-order chi connectivity index (χ1) is 10.0. The van der Waals surface area contributed by atoms with Gasteiger partial charge in [0.15, 0.2) is 0 Å². The Morgan fingerprint density at radius 2 is 1.62 bits per heavy atom. The van der Waals surface area contributed by atoms with Crippen LogP contribution in [0.4, 0.5) is 19.1 Å². The summed E-state index contributed by atoms with van der Waals surface area (Å²) >= 11 is 0. The van der Waals surface area contributed by atoms with Crippen LogP contribution < -0.4 is 10.6 Å². The summed E-state index contributed by atoms with van der Waals surface area (Å²) in [6.45, 7) is 8.88. The number of aromatic nitrogens is 2. The van der Waals surface area contributed by atoms with Gasteiger partial charge in [-0.2, -0.15) is 13.2 Å². The van der Waals surface area contributed by atoms with E-state index in [9.17, 15) is 13.2 Å². The molecule has 1 fully saturated rings. The van der Waals surface area contributed by atoms with E-state index in [0.29, 0.717) is 18.8 Å². The number of anilines is 1. The van der Waals surface area contributed by atoms with E-state index in [1.807, 2.05) is 13.8 Å². The number of nitrogens with zero attached hydrogens (tertiary/aromatic N) is 4. The number of alkyl halides is 3. The fraction of sp³-hybridized carbons (Fsp3) is 0.714. The Hall–Kier alpha value is -0.830. The molecule has 0 aliphatic carbocycles. The lowest BCUT2D eigenvalue weighted by Gasteiger charge is -2.37. The summed E-state index contributed by atoms with van der Waals surface area (Å²) in [5.41, 5.74) is 5.14. The fourth-order valence-electron chi connectivity index (χ4n) is 2.52. The molecule has 0 aromatic carbocycles. The second kappa shape index (κ2) is 8.51. The van der Waals surface area contributed by atoms with Gasteiger partial charge < -0.3 is 10.6 Å². The Morgan fingerprint density at radius 3 is 2.08 bits per heavy atom. The molecule has 2 heterocycles. The molecule has 1 aromatic rings. The van der Waals surface area contributed by atoms with Crippen LogP contribution in [0.1, 0.15) is 25.2 Å². The molecule has 1 saturated heterocycles. The number of nitrogens with two attached hydrogens (primary N) is 1. The van der Waals surface area contributed by atoms with Crippen molar-refractivity contribution < 1.29 is 13.2 Å². The van der Waals surface area contributed by atoms with Gasteiger partial charge in [0.1, 0.15) is 5.69 Å². The van der Waals surface area contributed by atoms with Crippen molar-refractivity contribution in [3.63, 3.8) is 0 Å². The van der Waals surface area contributed by atoms with Gasteiger partial charge in [-0.1, -0.05) is 0 Å². The largest absolute Gasteiger partial charge is 0.433 e. The first-order valence-corrected chi connectivity index (χ1v) is 7.24. The number of halogens is 5. The second-order valence-corrected chi connectivity index (χ2v) is 6.44. The normalized spacial score (nSPS) is 16.4. The van der Waals surface area contributed by atoms with Crippen molar-refractivity contribution in [1.29, 1.82) is 0 Å². The van der Waals surface area contributed by atoms with Gasteiger partial charge in [-0.15, -0.1) is 24.8 Å². The Kier molecular flexibility index (Phi) is 8.22. The summed E-state index contributed by atoms with van der Waals surface area (Å²) in [5.74, 6) is 0.152. The van der Waals surface area contributed by atoms with Crippen LogP contribution in [-0.2, 0) is 6.18 Å². The maximum absolute atomic E-state index is 12.8. The maximum atomic E-state index is 12.8. The van der Waals surface area contributed by atoms with Crippen LogP contribution in [0.2, 0.25) is 0 Å². The second-order valence-electron chi connectivity index (χ2n) is 6.44. The van der Waals surface area contributed by atoms with Crippen LogP contribution in [0, 0.1) is 6.92 Å². The highest BCUT2D eigenvalue weighted by molar-refractivity contribution is 5.85. The van der Waals surface area contributed by atoms with Gasteiger partial charge >= 0.3 is 6.18 Å². The summed E-state index contributed by atoms with van der Waals surface area (Å²) in [4.78, 5) is 11.8. The molecule has 2 N–H and O–H groups in total. The lowest BCUT2D eigenvalue weighted by Crippen LogP contribution is -2.53. The molecule has 5 nitrogen and oxygen atoms in total. The minimum Gasteiger partial charge on any atom is -0.338 e. The molecule has 0 atom stereocenters. The summed E-state index contributed by atoms with van der Waals surface area (Å²) in [7, 11) is 0. The first-order valence-electron chi connectivity index (χ1n) is 7.24. The summed E-state index contributed by atoms with van der Waals surface area (Å²) in [6, 6.07) is 0.969. The Balaban J connectivity index is 0.00000264. The van der Waals surface area contributed by atoms with Gasteiger partial charge in [-0.05, 0) is 26.8 Å². The van der Waals surface area contributed by atoms with Crippen LogP contribution in [0.15, 0.2) is 6.07 Å². The maximum Gasteiger partial charge on any atom is 0.433 e. The van der Waals surface area contributed by atoms with E-state index in [-0.39, 0.29) is 36.3 Å². The highest BCUT2D eigenvalue weighted by atomic mass is 35.5. The standard InChI is InChI=1S/C14H22F3N5.2ClH/c1-10-8-11(14(15,16)17)20-12(19-10)22-6-4-21(5-7-22)9-13(2,3)18;;/h8H,4-7,9,18H2,1-3H3;2*1H. The van der Waals surface area contributed by atoms with Crippen LogP contribution in [0.5, 0.6) is 0 Å². The lowest BCUT2D eigenvalue weighted by molar-refractivity contribution is -0.141. The molecule has 1 aliphatic rings. The van der Waals surface area contributed by atoms with Crippen LogP contribution in [0.3, 0.4) is 0 Å². The number of hydrogen-bond acceptors (Lipinski definition) is 5. The number of piperazine rings is 1. The fourth-order valence-corrected chi connectivity index (χ4v) is 2.52. The zero-order valence-electron chi connectivity index (χ0n) is 13.9. The highest BCUT2D eigenvalue weighted by Crippen LogP contribution is 2.29. The molecule has 1 aliphatic heterocycles. The average molecular weight is 390 g/mol. The third kappa shape index (κ3) is 6.58. The minimum absolute atomic E-state index is 0. The highest BCUT2D eigenvalue weighted by Gasteiger charge is 2.34. The quantitative estimate of drug-likeness (QED) is 0.860. The molecule has 2 rings (SSSR count). The molecule has 0 amide bonds. The van der Waals surface area contributed by atoms with E-state index in [0.717, 1.165) is 25.7 Å². The topological polar surface area (TPSA) is 58.3 Å². The predicted molar refractivity (Wildman–Crippen MR) is 93.2 cm³/mol. The SMILES string of the molecule is Cc1cc(C(F)(F)F)nc(N2CCN(CC(C)(C)N)CC2)n1.Cl.Cl. The molecule has 0 radical (unpaired) electrons. The molecular weight excluding hydrogens is 366 g/mol. The average Bonchev–Trinajstić information content (AvgIpc) is 2.36. The molecule has 0 spiro atoms. The Morgan fingerprint density at radius 1 is 1.08 bits per heavy atom. The molecule has 0 bridgehead atoms. The van der Waals surface area contributed by atoms with Crippen molar-refractivity contribution >= 4 is 30.8 Å². The summed E-state index contributed by atoms with van der Waals surface area (Å²) in [5, 5.41) is 0. The monoisotopic (exact) mass is 389 g/mol. The van der Waals surface area contributed by atoms with Crippen LogP contribution in [0.25, 0.3) is 0 Å². The third-order valence-electron chi connectivity index (χ3n) is 3.42. The predicted octanol–water partition coefficient (Wildman–Crippen LogP) is 2.51. The van der Waals surface area contributed by atoms with E-state index >= 15 is 0 Å². The van der Waals surface area contributed by atoms with Gasteiger partial charge in [-0.25, -0.2) is 9.97 Å². The van der Waals surface area contributed by atoms with E-state index in [4.69, 9.17) is 5.73 Å². The number of rotatable bonds is 3. The van der Waals surface area contributed by atoms with Crippen molar-refractivity contribution in [2.45, 2.75) is 32.5 Å². The summed E-state index contributed by atoms with van der Waals surface area (Å²) in [6.07, 6.45) is -4.45. The molecule has 0 unspecified atom stereocenters. The van der Waals surface area contributed by atoms with E-state index in [1.165, 1.54) is 0 Å². The number of aryl methyl sites for hydroxylation is 1. The Labute approximate surface area is 152 Å². The van der Waals surface area contributed by atoms with Gasteiger partial charge in [0.05, 0.1) is 0 Å². The van der Waals surface area contributed by atoms with Gasteiger partial charge in [0.2, 0.25) is 5.95 Å². The minimum atomic E-state index is -4.45. The smallest absolute Gasteiger partial charge is 0.338 e. The van der Waals surface area contributed by atoms with E-state index in [1.54, 1.807) is 11.8 Å². The zero-order valence-corrected chi connectivity index (χ0v) is 15.6. The van der Waals surface area contributed by atoms with Crippen LogP contribution >= 0.6 is 24.8 Å². The molecule has 10 heteroatoms. The van der Waals surface area contributed by atoms with Crippen molar-refractivity contribution in [1.82, 2.24) is 14.9 Å². The van der Waals surface area contributed by atoms with E-state index < -0.39 is 11.9 Å². The van der Waals surface area contributed by atoms with Crippen molar-refractivity contribution in [3.05, 3.63) is 17.5 Å². The number of hydrogen-bond donors (Lipinski definition) is 1. The molecular formula is C14H24Cl2F3N5. The van der Waals surface area contributed by atoms with Crippen molar-refractivity contribution in [2.24, 2.45) is 5.73 Å². The lowest BCUT2D eigenvalue weighted by atomic mass is 10.1. The summed E-state index contributed by atoms with van der Waals surface area (Å²) < 4.78 is 38.5. The van der Waals surface area contributed by atoms with Gasteiger partial charge in [0.25, 0.3) is 0 Å². The molecule has 0 saturated carbocycles. The molecule has 140 valence electrons.